The van der Waals surface area contributed by atoms with Gasteiger partial charge in [-0.2, -0.15) is 9.97 Å². The third-order valence-corrected chi connectivity index (χ3v) is 5.65. The zero-order valence-electron chi connectivity index (χ0n) is 17.7. The smallest absolute Gasteiger partial charge is 0.328 e. The number of hydrogen-bond donors (Lipinski definition) is 3. The lowest BCUT2D eigenvalue weighted by atomic mass is 10.1. The lowest BCUT2D eigenvalue weighted by Crippen LogP contribution is -2.29. The highest BCUT2D eigenvalue weighted by molar-refractivity contribution is 5.82. The first-order chi connectivity index (χ1) is 14.6. The van der Waals surface area contributed by atoms with E-state index in [0.717, 1.165) is 44.6 Å². The van der Waals surface area contributed by atoms with Gasteiger partial charge < -0.3 is 16.0 Å². The number of H-pyrrole nitrogens is 1. The highest BCUT2D eigenvalue weighted by Crippen LogP contribution is 2.19. The molecule has 1 saturated heterocycles. The van der Waals surface area contributed by atoms with Gasteiger partial charge in [0, 0.05) is 13.1 Å². The van der Waals surface area contributed by atoms with Gasteiger partial charge in [-0.05, 0) is 43.5 Å². The molecule has 3 aromatic rings. The summed E-state index contributed by atoms with van der Waals surface area (Å²) in [5, 5.41) is 3.20. The summed E-state index contributed by atoms with van der Waals surface area (Å²) in [6, 6.07) is 8.46. The maximum Gasteiger partial charge on any atom is 0.328 e. The summed E-state index contributed by atoms with van der Waals surface area (Å²) in [5.41, 5.74) is 9.24. The van der Waals surface area contributed by atoms with Crippen molar-refractivity contribution in [1.29, 1.82) is 0 Å². The summed E-state index contributed by atoms with van der Waals surface area (Å²) >= 11 is 0. The first-order valence-electron chi connectivity index (χ1n) is 10.9. The molecule has 1 aliphatic heterocycles. The average Bonchev–Trinajstić information content (AvgIpc) is 3.05. The average molecular weight is 410 g/mol. The van der Waals surface area contributed by atoms with Crippen molar-refractivity contribution in [2.24, 2.45) is 0 Å². The maximum atomic E-state index is 12.6. The second-order valence-electron chi connectivity index (χ2n) is 8.08. The van der Waals surface area contributed by atoms with Gasteiger partial charge in [0.05, 0.1) is 6.54 Å². The summed E-state index contributed by atoms with van der Waals surface area (Å²) in [6.07, 6.45) is 5.99. The van der Waals surface area contributed by atoms with Crippen LogP contribution >= 0.6 is 0 Å². The van der Waals surface area contributed by atoms with E-state index in [1.54, 1.807) is 4.57 Å². The van der Waals surface area contributed by atoms with Crippen LogP contribution < -0.4 is 16.7 Å². The number of nitrogens with one attached hydrogen (secondary N) is 2. The van der Waals surface area contributed by atoms with Crippen LogP contribution in [0.3, 0.4) is 0 Å². The quantitative estimate of drug-likeness (QED) is 0.494. The van der Waals surface area contributed by atoms with Crippen molar-refractivity contribution < 1.29 is 0 Å². The normalized spacial score (nSPS) is 15.0. The molecule has 0 aliphatic carbocycles. The second-order valence-corrected chi connectivity index (χ2v) is 8.08. The number of nitrogens with two attached hydrogens (primary N) is 1. The van der Waals surface area contributed by atoms with Crippen LogP contribution in [0.25, 0.3) is 11.2 Å². The van der Waals surface area contributed by atoms with Crippen molar-refractivity contribution in [3.63, 3.8) is 0 Å². The fraction of sp³-hybridized carbons (Fsp3) is 0.500. The van der Waals surface area contributed by atoms with Gasteiger partial charge in [0.25, 0.3) is 0 Å². The van der Waals surface area contributed by atoms with Crippen LogP contribution in [0, 0.1) is 0 Å². The number of anilines is 2. The van der Waals surface area contributed by atoms with Crippen molar-refractivity contribution in [2.45, 2.75) is 52.1 Å². The Morgan fingerprint density at radius 2 is 1.90 bits per heavy atom. The minimum atomic E-state index is -0.224. The number of imidazole rings is 1. The van der Waals surface area contributed by atoms with E-state index in [1.165, 1.54) is 24.8 Å². The molecular formula is C22H31N7O. The Balaban J connectivity index is 1.57. The van der Waals surface area contributed by atoms with Crippen LogP contribution in [0.1, 0.15) is 50.2 Å². The number of benzene rings is 1. The minimum Gasteiger partial charge on any atom is -0.382 e. The van der Waals surface area contributed by atoms with Gasteiger partial charge in [-0.1, -0.05) is 44.0 Å². The molecule has 0 spiro atoms. The number of aromatic amines is 1. The second kappa shape index (κ2) is 9.30. The third kappa shape index (κ3) is 4.64. The minimum absolute atomic E-state index is 0.224. The predicted octanol–water partition coefficient (Wildman–Crippen LogP) is 2.95. The monoisotopic (exact) mass is 409 g/mol. The molecule has 4 N–H and O–H groups in total. The number of piperidine rings is 1. The molecule has 1 aliphatic rings. The lowest BCUT2D eigenvalue weighted by Gasteiger charge is -2.26. The molecule has 1 fully saturated rings. The molecule has 1 aromatic carbocycles. The zero-order chi connectivity index (χ0) is 20.9. The number of nitrogen functional groups attached to an aromatic ring is 1. The summed E-state index contributed by atoms with van der Waals surface area (Å²) in [4.78, 5) is 26.8. The van der Waals surface area contributed by atoms with Crippen LogP contribution in [0.4, 0.5) is 11.8 Å². The SMILES string of the molecule is CCCCNc1nc(N)c2[nH]c(=O)n(Cc3cccc(CN4CCCCC4)c3)c2n1. The number of rotatable bonds is 8. The van der Waals surface area contributed by atoms with Crippen molar-refractivity contribution in [3.8, 4) is 0 Å². The van der Waals surface area contributed by atoms with Crippen molar-refractivity contribution >= 4 is 22.9 Å². The van der Waals surface area contributed by atoms with E-state index in [0.29, 0.717) is 23.7 Å². The molecule has 8 heteroatoms. The molecule has 0 atom stereocenters. The number of likely N-dealkylation sites (tertiary alicyclic amines) is 1. The van der Waals surface area contributed by atoms with Crippen LogP contribution in [-0.2, 0) is 13.1 Å². The van der Waals surface area contributed by atoms with Gasteiger partial charge in [-0.25, -0.2) is 4.79 Å². The van der Waals surface area contributed by atoms with Crippen LogP contribution in [0.15, 0.2) is 29.1 Å². The highest BCUT2D eigenvalue weighted by Gasteiger charge is 2.15. The summed E-state index contributed by atoms with van der Waals surface area (Å²) in [7, 11) is 0. The van der Waals surface area contributed by atoms with Crippen LogP contribution in [-0.4, -0.2) is 44.1 Å². The van der Waals surface area contributed by atoms with Crippen LogP contribution in [0.2, 0.25) is 0 Å². The molecule has 2 aromatic heterocycles. The van der Waals surface area contributed by atoms with E-state index in [-0.39, 0.29) is 11.5 Å². The Labute approximate surface area is 176 Å². The topological polar surface area (TPSA) is 105 Å². The van der Waals surface area contributed by atoms with E-state index in [1.807, 2.05) is 0 Å². The third-order valence-electron chi connectivity index (χ3n) is 5.65. The first kappa shape index (κ1) is 20.4. The zero-order valence-corrected chi connectivity index (χ0v) is 17.7. The Morgan fingerprint density at radius 3 is 2.67 bits per heavy atom. The molecule has 160 valence electrons. The molecular weight excluding hydrogens is 378 g/mol. The summed E-state index contributed by atoms with van der Waals surface area (Å²) in [6.45, 7) is 6.62. The molecule has 3 heterocycles. The summed E-state index contributed by atoms with van der Waals surface area (Å²) in [5.74, 6) is 0.744. The van der Waals surface area contributed by atoms with Crippen molar-refractivity contribution in [2.75, 3.05) is 30.7 Å². The maximum absolute atomic E-state index is 12.6. The van der Waals surface area contributed by atoms with E-state index in [9.17, 15) is 4.79 Å². The van der Waals surface area contributed by atoms with Gasteiger partial charge in [0.15, 0.2) is 11.5 Å². The molecule has 0 unspecified atom stereocenters. The van der Waals surface area contributed by atoms with Crippen molar-refractivity contribution in [3.05, 3.63) is 45.9 Å². The Hall–Kier alpha value is -2.87. The van der Waals surface area contributed by atoms with Gasteiger partial charge in [-0.15, -0.1) is 0 Å². The van der Waals surface area contributed by atoms with E-state index >= 15 is 0 Å². The number of hydrogen-bond acceptors (Lipinski definition) is 6. The lowest BCUT2D eigenvalue weighted by molar-refractivity contribution is 0.221. The van der Waals surface area contributed by atoms with Gasteiger partial charge >= 0.3 is 5.69 Å². The fourth-order valence-electron chi connectivity index (χ4n) is 4.04. The molecule has 4 rings (SSSR count). The number of fused-ring (bicyclic) bond motifs is 1. The van der Waals surface area contributed by atoms with Crippen molar-refractivity contribution in [1.82, 2.24) is 24.4 Å². The number of nitrogens with zero attached hydrogens (tertiary/aromatic N) is 4. The molecule has 0 bridgehead atoms. The Morgan fingerprint density at radius 1 is 1.13 bits per heavy atom. The Bertz CT molecular complexity index is 1050. The molecule has 0 saturated carbocycles. The standard InChI is InChI=1S/C22H31N7O/c1-2-3-10-24-21-26-19(23)18-20(27-21)29(22(30)25-18)15-17-9-7-8-16(13-17)14-28-11-5-4-6-12-28/h7-9,13H,2-6,10-12,14-15H2,1H3,(H,25,30)(H3,23,24,26,27). The fourth-order valence-corrected chi connectivity index (χ4v) is 4.04. The van der Waals surface area contributed by atoms with Gasteiger partial charge in [-0.3, -0.25) is 9.47 Å². The van der Waals surface area contributed by atoms with E-state index in [2.05, 4.69) is 56.4 Å². The first-order valence-corrected chi connectivity index (χ1v) is 10.9. The molecule has 0 radical (unpaired) electrons. The molecule has 30 heavy (non-hydrogen) atoms. The highest BCUT2D eigenvalue weighted by atomic mass is 16.1. The summed E-state index contributed by atoms with van der Waals surface area (Å²) < 4.78 is 1.64. The molecule has 8 nitrogen and oxygen atoms in total. The number of aromatic nitrogens is 4. The predicted molar refractivity (Wildman–Crippen MR) is 121 cm³/mol. The van der Waals surface area contributed by atoms with E-state index in [4.69, 9.17) is 5.73 Å². The van der Waals surface area contributed by atoms with Gasteiger partial charge in [0.2, 0.25) is 5.95 Å². The van der Waals surface area contributed by atoms with Crippen LogP contribution in [0.5, 0.6) is 0 Å². The number of unbranched alkanes of at least 4 members (excludes halogenated alkanes) is 1. The van der Waals surface area contributed by atoms with E-state index < -0.39 is 0 Å². The largest absolute Gasteiger partial charge is 0.382 e. The Kier molecular flexibility index (Phi) is 6.32. The van der Waals surface area contributed by atoms with Gasteiger partial charge in [0.1, 0.15) is 5.52 Å². The molecule has 0 amide bonds.